The molecule has 0 bridgehead atoms. The SMILES string of the molecule is CCOC(=O)Cc1csc(NN=Cc2cccc(Br)c2)n1. The molecule has 0 saturated carbocycles. The van der Waals surface area contributed by atoms with Crippen molar-refractivity contribution in [3.8, 4) is 0 Å². The second kappa shape index (κ2) is 7.90. The third kappa shape index (κ3) is 5.28. The van der Waals surface area contributed by atoms with Crippen molar-refractivity contribution in [3.05, 3.63) is 45.4 Å². The van der Waals surface area contributed by atoms with Crippen LogP contribution < -0.4 is 5.43 Å². The van der Waals surface area contributed by atoms with Gasteiger partial charge in [-0.05, 0) is 24.6 Å². The van der Waals surface area contributed by atoms with Gasteiger partial charge in [0.25, 0.3) is 0 Å². The normalized spacial score (nSPS) is 10.8. The van der Waals surface area contributed by atoms with Crippen LogP contribution >= 0.6 is 27.3 Å². The molecule has 0 amide bonds. The van der Waals surface area contributed by atoms with Crippen LogP contribution in [0.5, 0.6) is 0 Å². The van der Waals surface area contributed by atoms with Crippen molar-refractivity contribution in [2.75, 3.05) is 12.0 Å². The Labute approximate surface area is 135 Å². The molecular weight excluding hydrogens is 354 g/mol. The van der Waals surface area contributed by atoms with Crippen molar-refractivity contribution >= 4 is 44.6 Å². The van der Waals surface area contributed by atoms with E-state index in [0.29, 0.717) is 17.4 Å². The Morgan fingerprint density at radius 1 is 1.57 bits per heavy atom. The van der Waals surface area contributed by atoms with Crippen LogP contribution in [0.3, 0.4) is 0 Å². The Balaban J connectivity index is 1.89. The Morgan fingerprint density at radius 3 is 3.19 bits per heavy atom. The molecule has 0 radical (unpaired) electrons. The second-order valence-corrected chi connectivity index (χ2v) is 5.82. The predicted molar refractivity (Wildman–Crippen MR) is 87.8 cm³/mol. The second-order valence-electron chi connectivity index (χ2n) is 4.05. The summed E-state index contributed by atoms with van der Waals surface area (Å²) in [6.07, 6.45) is 1.89. The van der Waals surface area contributed by atoms with Crippen LogP contribution in [-0.4, -0.2) is 23.8 Å². The molecule has 0 saturated heterocycles. The number of rotatable bonds is 6. The molecule has 7 heteroatoms. The number of nitrogens with zero attached hydrogens (tertiary/aromatic N) is 2. The predicted octanol–water partition coefficient (Wildman–Crippen LogP) is 3.46. The largest absolute Gasteiger partial charge is 0.466 e. The molecule has 110 valence electrons. The lowest BCUT2D eigenvalue weighted by Gasteiger charge is -1.98. The zero-order valence-electron chi connectivity index (χ0n) is 11.4. The van der Waals surface area contributed by atoms with Crippen LogP contribution in [0.4, 0.5) is 5.13 Å². The average Bonchev–Trinajstić information content (AvgIpc) is 2.86. The summed E-state index contributed by atoms with van der Waals surface area (Å²) in [5.41, 5.74) is 4.50. The molecule has 1 aromatic carbocycles. The van der Waals surface area contributed by atoms with Crippen LogP contribution in [0.1, 0.15) is 18.2 Å². The number of aromatic nitrogens is 1. The van der Waals surface area contributed by atoms with Gasteiger partial charge >= 0.3 is 5.97 Å². The van der Waals surface area contributed by atoms with E-state index in [-0.39, 0.29) is 12.4 Å². The van der Waals surface area contributed by atoms with E-state index in [1.165, 1.54) is 11.3 Å². The molecule has 0 atom stereocenters. The third-order valence-corrected chi connectivity index (χ3v) is 3.69. The molecule has 2 rings (SSSR count). The van der Waals surface area contributed by atoms with Crippen LogP contribution in [0.25, 0.3) is 0 Å². The number of hydrazone groups is 1. The van der Waals surface area contributed by atoms with E-state index in [9.17, 15) is 4.79 Å². The minimum absolute atomic E-state index is 0.182. The highest BCUT2D eigenvalue weighted by molar-refractivity contribution is 9.10. The summed E-state index contributed by atoms with van der Waals surface area (Å²) < 4.78 is 5.87. The Morgan fingerprint density at radius 2 is 2.43 bits per heavy atom. The van der Waals surface area contributed by atoms with E-state index in [0.717, 1.165) is 10.0 Å². The number of hydrogen-bond acceptors (Lipinski definition) is 6. The van der Waals surface area contributed by atoms with E-state index in [1.54, 1.807) is 13.1 Å². The molecule has 1 N–H and O–H groups in total. The van der Waals surface area contributed by atoms with Gasteiger partial charge in [-0.15, -0.1) is 11.3 Å². The Bertz CT molecular complexity index is 643. The standard InChI is InChI=1S/C14H14BrN3O2S/c1-2-20-13(19)7-12-9-21-14(17-12)18-16-8-10-4-3-5-11(15)6-10/h3-6,8-9H,2,7H2,1H3,(H,17,18). The highest BCUT2D eigenvalue weighted by Gasteiger charge is 2.07. The summed E-state index contributed by atoms with van der Waals surface area (Å²) in [5.74, 6) is -0.271. The fourth-order valence-corrected chi connectivity index (χ4v) is 2.62. The topological polar surface area (TPSA) is 63.6 Å². The van der Waals surface area contributed by atoms with Gasteiger partial charge in [-0.25, -0.2) is 4.98 Å². The molecule has 5 nitrogen and oxygen atoms in total. The molecule has 21 heavy (non-hydrogen) atoms. The maximum atomic E-state index is 11.3. The van der Waals surface area contributed by atoms with Crippen molar-refractivity contribution in [3.63, 3.8) is 0 Å². The summed E-state index contributed by atoms with van der Waals surface area (Å²) in [7, 11) is 0. The van der Waals surface area contributed by atoms with Crippen molar-refractivity contribution in [2.24, 2.45) is 5.10 Å². The molecule has 0 unspecified atom stereocenters. The van der Waals surface area contributed by atoms with Gasteiger partial charge in [-0.2, -0.15) is 5.10 Å². The van der Waals surface area contributed by atoms with Gasteiger partial charge in [-0.3, -0.25) is 10.2 Å². The number of nitrogens with one attached hydrogen (secondary N) is 1. The lowest BCUT2D eigenvalue weighted by molar-refractivity contribution is -0.142. The molecule has 0 fully saturated rings. The summed E-state index contributed by atoms with van der Waals surface area (Å²) in [4.78, 5) is 15.6. The number of ether oxygens (including phenoxy) is 1. The van der Waals surface area contributed by atoms with Gasteiger partial charge in [0, 0.05) is 9.85 Å². The monoisotopic (exact) mass is 367 g/mol. The molecule has 0 spiro atoms. The molecule has 0 aliphatic carbocycles. The summed E-state index contributed by atoms with van der Waals surface area (Å²) in [5, 5.41) is 6.57. The van der Waals surface area contributed by atoms with Gasteiger partial charge in [0.05, 0.1) is 24.9 Å². The first-order chi connectivity index (χ1) is 10.2. The summed E-state index contributed by atoms with van der Waals surface area (Å²) in [6, 6.07) is 7.79. The maximum absolute atomic E-state index is 11.3. The number of anilines is 1. The summed E-state index contributed by atoms with van der Waals surface area (Å²) >= 11 is 4.80. The highest BCUT2D eigenvalue weighted by atomic mass is 79.9. The van der Waals surface area contributed by atoms with Crippen LogP contribution in [0, 0.1) is 0 Å². The van der Waals surface area contributed by atoms with Crippen molar-refractivity contribution < 1.29 is 9.53 Å². The molecular formula is C14H14BrN3O2S. The molecule has 0 aliphatic heterocycles. The average molecular weight is 368 g/mol. The van der Waals surface area contributed by atoms with Crippen molar-refractivity contribution in [2.45, 2.75) is 13.3 Å². The van der Waals surface area contributed by atoms with Gasteiger partial charge in [0.1, 0.15) is 0 Å². The van der Waals surface area contributed by atoms with Gasteiger partial charge < -0.3 is 4.74 Å². The first-order valence-electron chi connectivity index (χ1n) is 6.32. The minimum Gasteiger partial charge on any atom is -0.466 e. The number of carbonyl (C=O) groups excluding carboxylic acids is 1. The van der Waals surface area contributed by atoms with Crippen LogP contribution in [0.15, 0.2) is 39.2 Å². The molecule has 0 aliphatic rings. The lowest BCUT2D eigenvalue weighted by atomic mass is 10.2. The zero-order valence-corrected chi connectivity index (χ0v) is 13.8. The van der Waals surface area contributed by atoms with E-state index < -0.39 is 0 Å². The van der Waals surface area contributed by atoms with Gasteiger partial charge in [0.2, 0.25) is 5.13 Å². The van der Waals surface area contributed by atoms with Crippen molar-refractivity contribution in [1.82, 2.24) is 4.98 Å². The van der Waals surface area contributed by atoms with Gasteiger partial charge in [0.15, 0.2) is 0 Å². The highest BCUT2D eigenvalue weighted by Crippen LogP contribution is 2.16. The minimum atomic E-state index is -0.271. The molecule has 1 aromatic heterocycles. The Hall–Kier alpha value is -1.73. The summed E-state index contributed by atoms with van der Waals surface area (Å²) in [6.45, 7) is 2.16. The number of thiazole rings is 1. The number of hydrogen-bond donors (Lipinski definition) is 1. The quantitative estimate of drug-likeness (QED) is 0.482. The lowest BCUT2D eigenvalue weighted by Crippen LogP contribution is -2.07. The number of carbonyl (C=O) groups is 1. The maximum Gasteiger partial charge on any atom is 0.311 e. The fraction of sp³-hybridized carbons (Fsp3) is 0.214. The van der Waals surface area contributed by atoms with Crippen LogP contribution in [0.2, 0.25) is 0 Å². The van der Waals surface area contributed by atoms with Gasteiger partial charge in [-0.1, -0.05) is 28.1 Å². The van der Waals surface area contributed by atoms with Crippen LogP contribution in [-0.2, 0) is 16.0 Å². The zero-order chi connectivity index (χ0) is 15.1. The van der Waals surface area contributed by atoms with E-state index in [2.05, 4.69) is 31.4 Å². The molecule has 1 heterocycles. The van der Waals surface area contributed by atoms with E-state index in [1.807, 2.05) is 29.6 Å². The third-order valence-electron chi connectivity index (χ3n) is 2.41. The number of esters is 1. The first kappa shape index (κ1) is 15.7. The number of benzene rings is 1. The first-order valence-corrected chi connectivity index (χ1v) is 7.99. The van der Waals surface area contributed by atoms with Crippen molar-refractivity contribution in [1.29, 1.82) is 0 Å². The fourth-order valence-electron chi connectivity index (χ4n) is 1.55. The van der Waals surface area contributed by atoms with E-state index >= 15 is 0 Å². The smallest absolute Gasteiger partial charge is 0.311 e. The van der Waals surface area contributed by atoms with E-state index in [4.69, 9.17) is 4.74 Å². The Kier molecular flexibility index (Phi) is 5.89. The number of halogens is 1. The molecule has 2 aromatic rings.